The Kier molecular flexibility index (Phi) is 4.98. The monoisotopic (exact) mass is 305 g/mol. The fourth-order valence-electron chi connectivity index (χ4n) is 2.15. The Balaban J connectivity index is 2.17. The summed E-state index contributed by atoms with van der Waals surface area (Å²) in [6.07, 6.45) is 4.85. The molecule has 0 saturated heterocycles. The van der Waals surface area contributed by atoms with E-state index in [0.717, 1.165) is 0 Å². The average Bonchev–Trinajstić information content (AvgIpc) is 2.54. The summed E-state index contributed by atoms with van der Waals surface area (Å²) in [4.78, 5) is 39.4. The van der Waals surface area contributed by atoms with Gasteiger partial charge in [0.05, 0.1) is 11.4 Å². The molecule has 6 nitrogen and oxygen atoms in total. The van der Waals surface area contributed by atoms with Crippen molar-refractivity contribution in [3.63, 3.8) is 0 Å². The Morgan fingerprint density at radius 2 is 2.18 bits per heavy atom. The maximum Gasteiger partial charge on any atom is 0.259 e. The Hall–Kier alpha value is -2.57. The maximum absolute atomic E-state index is 12.4. The summed E-state index contributed by atoms with van der Waals surface area (Å²) in [6.45, 7) is 0.322. The zero-order valence-electron chi connectivity index (χ0n) is 12.1. The normalized spacial score (nSPS) is 12.1. The Morgan fingerprint density at radius 3 is 2.86 bits per heavy atom. The quantitative estimate of drug-likeness (QED) is 0.857. The predicted octanol–water partition coefficient (Wildman–Crippen LogP) is 0.830. The van der Waals surface area contributed by atoms with Crippen LogP contribution in [0.1, 0.15) is 13.3 Å². The number of pyridine rings is 2. The first-order valence-electron chi connectivity index (χ1n) is 6.88. The number of halogens is 1. The van der Waals surface area contributed by atoms with Crippen molar-refractivity contribution < 1.29 is 14.0 Å². The van der Waals surface area contributed by atoms with E-state index in [-0.39, 0.29) is 12.1 Å². The molecule has 0 aromatic carbocycles. The number of carbonyl (C=O) groups is 2. The first-order valence-corrected chi connectivity index (χ1v) is 6.88. The highest BCUT2D eigenvalue weighted by Gasteiger charge is 2.18. The van der Waals surface area contributed by atoms with Gasteiger partial charge in [-0.2, -0.15) is 0 Å². The lowest BCUT2D eigenvalue weighted by Crippen LogP contribution is -2.43. The highest BCUT2D eigenvalue weighted by Crippen LogP contribution is 2.06. The molecule has 0 spiro atoms. The van der Waals surface area contributed by atoms with E-state index < -0.39 is 24.4 Å². The van der Waals surface area contributed by atoms with Crippen LogP contribution in [-0.4, -0.2) is 34.0 Å². The fourth-order valence-corrected chi connectivity index (χ4v) is 2.15. The molecule has 0 aliphatic carbocycles. The molecule has 7 heteroatoms. The second kappa shape index (κ2) is 6.93. The number of hydrogen-bond donors (Lipinski definition) is 1. The Bertz CT molecular complexity index is 757. The maximum atomic E-state index is 12.4. The summed E-state index contributed by atoms with van der Waals surface area (Å²) in [6, 6.07) is 2.40. The molecule has 1 unspecified atom stereocenters. The minimum absolute atomic E-state index is 0.229. The molecule has 2 heterocycles. The number of ketones is 1. The lowest BCUT2D eigenvalue weighted by atomic mass is 10.1. The highest BCUT2D eigenvalue weighted by atomic mass is 19.1. The largest absolute Gasteiger partial charge is 0.345 e. The van der Waals surface area contributed by atoms with Crippen molar-refractivity contribution in [2.45, 2.75) is 25.9 Å². The Morgan fingerprint density at radius 1 is 1.41 bits per heavy atom. The van der Waals surface area contributed by atoms with Crippen LogP contribution in [0.3, 0.4) is 0 Å². The number of hydrogen-bond acceptors (Lipinski definition) is 4. The molecule has 2 rings (SSSR count). The molecule has 0 radical (unpaired) electrons. The van der Waals surface area contributed by atoms with Gasteiger partial charge >= 0.3 is 0 Å². The number of aromatic nitrogens is 2. The molecule has 0 fully saturated rings. The topological polar surface area (TPSA) is 81.1 Å². The van der Waals surface area contributed by atoms with Gasteiger partial charge in [-0.25, -0.2) is 4.39 Å². The van der Waals surface area contributed by atoms with Gasteiger partial charge in [-0.05, 0) is 18.6 Å². The first kappa shape index (κ1) is 15.8. The van der Waals surface area contributed by atoms with Crippen LogP contribution in [0.15, 0.2) is 35.5 Å². The van der Waals surface area contributed by atoms with Crippen molar-refractivity contribution >= 4 is 22.5 Å². The number of amides is 1. The van der Waals surface area contributed by atoms with E-state index in [1.54, 1.807) is 25.3 Å². The summed E-state index contributed by atoms with van der Waals surface area (Å²) in [7, 11) is 0. The van der Waals surface area contributed by atoms with Gasteiger partial charge in [0.15, 0.2) is 5.78 Å². The van der Waals surface area contributed by atoms with Gasteiger partial charge in [-0.15, -0.1) is 0 Å². The SMILES string of the molecule is CCC(NC(=O)Cn1ccc2cnccc2c1=O)C(=O)CF. The molecule has 1 atom stereocenters. The van der Waals surface area contributed by atoms with Crippen LogP contribution < -0.4 is 10.9 Å². The summed E-state index contributed by atoms with van der Waals surface area (Å²) in [5, 5.41) is 3.58. The minimum atomic E-state index is -1.12. The van der Waals surface area contributed by atoms with Gasteiger partial charge in [0, 0.05) is 24.0 Å². The lowest BCUT2D eigenvalue weighted by molar-refractivity contribution is -0.128. The van der Waals surface area contributed by atoms with Gasteiger partial charge in [-0.1, -0.05) is 6.92 Å². The molecule has 1 N–H and O–H groups in total. The van der Waals surface area contributed by atoms with E-state index in [0.29, 0.717) is 17.2 Å². The number of nitrogens with zero attached hydrogens (tertiary/aromatic N) is 2. The van der Waals surface area contributed by atoms with E-state index in [9.17, 15) is 18.8 Å². The first-order chi connectivity index (χ1) is 10.6. The number of alkyl halides is 1. The van der Waals surface area contributed by atoms with E-state index in [4.69, 9.17) is 0 Å². The molecule has 116 valence electrons. The highest BCUT2D eigenvalue weighted by molar-refractivity contribution is 5.89. The van der Waals surface area contributed by atoms with Gasteiger partial charge in [0.2, 0.25) is 5.91 Å². The number of nitrogens with one attached hydrogen (secondary N) is 1. The average molecular weight is 305 g/mol. The standard InChI is InChI=1S/C15H16FN3O3/c1-2-12(13(20)7-16)18-14(21)9-19-6-4-10-8-17-5-3-11(10)15(19)22/h3-6,8,12H,2,7,9H2,1H3,(H,18,21). The number of Topliss-reactive ketones (excluding diaryl/α,β-unsaturated/α-hetero) is 1. The third-order valence-corrected chi connectivity index (χ3v) is 3.35. The van der Waals surface area contributed by atoms with Gasteiger partial charge in [-0.3, -0.25) is 19.4 Å². The predicted molar refractivity (Wildman–Crippen MR) is 79.2 cm³/mol. The molecular formula is C15H16FN3O3. The Labute approximate surface area is 126 Å². The molecule has 1 amide bonds. The minimum Gasteiger partial charge on any atom is -0.345 e. The zero-order valence-corrected chi connectivity index (χ0v) is 12.1. The lowest BCUT2D eigenvalue weighted by Gasteiger charge is -2.15. The van der Waals surface area contributed by atoms with Crippen molar-refractivity contribution in [2.75, 3.05) is 6.67 Å². The van der Waals surface area contributed by atoms with E-state index >= 15 is 0 Å². The van der Waals surface area contributed by atoms with Crippen LogP contribution in [0.2, 0.25) is 0 Å². The van der Waals surface area contributed by atoms with Crippen LogP contribution in [0.5, 0.6) is 0 Å². The van der Waals surface area contributed by atoms with Crippen LogP contribution in [0.25, 0.3) is 10.8 Å². The molecule has 0 bridgehead atoms. The van der Waals surface area contributed by atoms with E-state index in [1.165, 1.54) is 17.0 Å². The van der Waals surface area contributed by atoms with Crippen molar-refractivity contribution in [1.29, 1.82) is 0 Å². The molecule has 2 aromatic rings. The fraction of sp³-hybridized carbons (Fsp3) is 0.333. The smallest absolute Gasteiger partial charge is 0.259 e. The summed E-state index contributed by atoms with van der Waals surface area (Å²) in [5.41, 5.74) is -0.320. The van der Waals surface area contributed by atoms with E-state index in [1.807, 2.05) is 0 Å². The third-order valence-electron chi connectivity index (χ3n) is 3.35. The summed E-state index contributed by atoms with van der Waals surface area (Å²) >= 11 is 0. The van der Waals surface area contributed by atoms with Crippen molar-refractivity contribution in [2.24, 2.45) is 0 Å². The molecule has 0 saturated carbocycles. The van der Waals surface area contributed by atoms with Crippen LogP contribution in [0.4, 0.5) is 4.39 Å². The van der Waals surface area contributed by atoms with Crippen LogP contribution in [-0.2, 0) is 16.1 Å². The van der Waals surface area contributed by atoms with Gasteiger partial charge in [0.25, 0.3) is 5.56 Å². The third kappa shape index (κ3) is 3.36. The van der Waals surface area contributed by atoms with Gasteiger partial charge < -0.3 is 9.88 Å². The van der Waals surface area contributed by atoms with Crippen molar-refractivity contribution in [3.05, 3.63) is 41.1 Å². The molecular weight excluding hydrogens is 289 g/mol. The number of fused-ring (bicyclic) bond motifs is 1. The number of carbonyl (C=O) groups excluding carboxylic acids is 2. The summed E-state index contributed by atoms with van der Waals surface area (Å²) in [5.74, 6) is -1.18. The second-order valence-corrected chi connectivity index (χ2v) is 4.84. The van der Waals surface area contributed by atoms with Crippen LogP contribution in [0, 0.1) is 0 Å². The number of rotatable bonds is 6. The van der Waals surface area contributed by atoms with Gasteiger partial charge in [0.1, 0.15) is 13.2 Å². The molecule has 0 aliphatic heterocycles. The summed E-state index contributed by atoms with van der Waals surface area (Å²) < 4.78 is 13.6. The zero-order chi connectivity index (χ0) is 16.1. The second-order valence-electron chi connectivity index (χ2n) is 4.84. The van der Waals surface area contributed by atoms with Crippen molar-refractivity contribution in [1.82, 2.24) is 14.9 Å². The molecule has 22 heavy (non-hydrogen) atoms. The van der Waals surface area contributed by atoms with Crippen molar-refractivity contribution in [3.8, 4) is 0 Å². The molecule has 2 aromatic heterocycles. The van der Waals surface area contributed by atoms with E-state index in [2.05, 4.69) is 10.3 Å². The molecule has 0 aliphatic rings. The van der Waals surface area contributed by atoms with Crippen LogP contribution >= 0.6 is 0 Å².